The van der Waals surface area contributed by atoms with Crippen LogP contribution in [-0.2, 0) is 14.4 Å². The summed E-state index contributed by atoms with van der Waals surface area (Å²) in [5, 5.41) is 5.01. The zero-order chi connectivity index (χ0) is 20.8. The molecule has 1 aromatic carbocycles. The average Bonchev–Trinajstić information content (AvgIpc) is 2.51. The van der Waals surface area contributed by atoms with E-state index in [0.29, 0.717) is 0 Å². The number of likely N-dealkylation sites (N-methyl/N-ethyl adjacent to an activating group) is 1. The second kappa shape index (κ2) is 9.24. The summed E-state index contributed by atoms with van der Waals surface area (Å²) < 4.78 is 40.1. The van der Waals surface area contributed by atoms with Gasteiger partial charge in [-0.2, -0.15) is 0 Å². The molecule has 27 heavy (non-hydrogen) atoms. The molecule has 0 unspecified atom stereocenters. The van der Waals surface area contributed by atoms with E-state index in [1.807, 2.05) is 0 Å². The quantitative estimate of drug-likeness (QED) is 0.748. The van der Waals surface area contributed by atoms with E-state index in [9.17, 15) is 27.6 Å². The number of benzene rings is 1. The molecule has 0 fully saturated rings. The minimum absolute atomic E-state index is 0.173. The first kappa shape index (κ1) is 22.3. The molecule has 0 saturated heterocycles. The number of anilines is 1. The topological polar surface area (TPSA) is 87.7 Å². The van der Waals surface area contributed by atoms with Gasteiger partial charge in [0.15, 0.2) is 0 Å². The summed E-state index contributed by atoms with van der Waals surface area (Å²) in [7, 11) is 1.42. The molecule has 0 radical (unpaired) electrons. The van der Waals surface area contributed by atoms with Crippen molar-refractivity contribution in [3.8, 4) is 5.75 Å². The minimum Gasteiger partial charge on any atom is -0.406 e. The van der Waals surface area contributed by atoms with Crippen molar-refractivity contribution in [3.63, 3.8) is 0 Å². The summed E-state index contributed by atoms with van der Waals surface area (Å²) in [5.74, 6) is -1.91. The van der Waals surface area contributed by atoms with Crippen LogP contribution in [0, 0.1) is 5.92 Å². The molecule has 0 aliphatic rings. The van der Waals surface area contributed by atoms with Crippen LogP contribution >= 0.6 is 0 Å². The predicted octanol–water partition coefficient (Wildman–Crippen LogP) is 2.14. The highest BCUT2D eigenvalue weighted by Crippen LogP contribution is 2.23. The third-order valence-corrected chi connectivity index (χ3v) is 3.42. The lowest BCUT2D eigenvalue weighted by Crippen LogP contribution is -2.51. The van der Waals surface area contributed by atoms with Crippen molar-refractivity contribution in [2.45, 2.75) is 33.2 Å². The van der Waals surface area contributed by atoms with E-state index in [-0.39, 0.29) is 24.1 Å². The highest BCUT2D eigenvalue weighted by Gasteiger charge is 2.31. The van der Waals surface area contributed by atoms with Gasteiger partial charge in [0.25, 0.3) is 0 Å². The number of halogens is 3. The number of alkyl halides is 3. The zero-order valence-electron chi connectivity index (χ0n) is 15.4. The van der Waals surface area contributed by atoms with Gasteiger partial charge in [-0.3, -0.25) is 14.4 Å². The summed E-state index contributed by atoms with van der Waals surface area (Å²) in [5.41, 5.74) is 0.248. The van der Waals surface area contributed by atoms with Crippen LogP contribution in [-0.4, -0.2) is 48.6 Å². The minimum atomic E-state index is -4.80. The molecular formula is C17H22F3N3O4. The van der Waals surface area contributed by atoms with Gasteiger partial charge in [0, 0.05) is 19.7 Å². The van der Waals surface area contributed by atoms with Crippen molar-refractivity contribution in [1.29, 1.82) is 0 Å². The largest absolute Gasteiger partial charge is 0.573 e. The lowest BCUT2D eigenvalue weighted by Gasteiger charge is -2.26. The lowest BCUT2D eigenvalue weighted by atomic mass is 10.0. The first-order valence-corrected chi connectivity index (χ1v) is 8.06. The van der Waals surface area contributed by atoms with Crippen molar-refractivity contribution < 1.29 is 32.3 Å². The zero-order valence-corrected chi connectivity index (χ0v) is 15.4. The maximum Gasteiger partial charge on any atom is 0.573 e. The number of nitrogens with zero attached hydrogens (tertiary/aromatic N) is 1. The van der Waals surface area contributed by atoms with Crippen LogP contribution in [0.2, 0.25) is 0 Å². The van der Waals surface area contributed by atoms with E-state index in [4.69, 9.17) is 0 Å². The molecule has 10 heteroatoms. The number of amides is 3. The standard InChI is InChI=1S/C17H22F3N3O4/c1-10(2)15(21-11(3)24)16(26)23(4)9-14(25)22-12-5-7-13(8-6-12)27-17(18,19)20/h5-8,10,15H,9H2,1-4H3,(H,21,24)(H,22,25)/t15-/m0/s1. The fourth-order valence-electron chi connectivity index (χ4n) is 2.20. The van der Waals surface area contributed by atoms with E-state index in [1.165, 1.54) is 26.1 Å². The van der Waals surface area contributed by atoms with E-state index in [1.54, 1.807) is 13.8 Å². The fourth-order valence-corrected chi connectivity index (χ4v) is 2.20. The average molecular weight is 389 g/mol. The van der Waals surface area contributed by atoms with Crippen LogP contribution < -0.4 is 15.4 Å². The van der Waals surface area contributed by atoms with E-state index >= 15 is 0 Å². The molecule has 1 atom stereocenters. The maximum atomic E-state index is 12.4. The number of nitrogens with one attached hydrogen (secondary N) is 2. The van der Waals surface area contributed by atoms with Crippen LogP contribution in [0.15, 0.2) is 24.3 Å². The molecule has 1 rings (SSSR count). The van der Waals surface area contributed by atoms with Crippen LogP contribution in [0.25, 0.3) is 0 Å². The number of hydrogen-bond donors (Lipinski definition) is 2. The van der Waals surface area contributed by atoms with E-state index in [2.05, 4.69) is 15.4 Å². The van der Waals surface area contributed by atoms with Gasteiger partial charge in [0.2, 0.25) is 17.7 Å². The SMILES string of the molecule is CC(=O)N[C@H](C(=O)N(C)CC(=O)Nc1ccc(OC(F)(F)F)cc1)C(C)C. The smallest absolute Gasteiger partial charge is 0.406 e. The van der Waals surface area contributed by atoms with Gasteiger partial charge < -0.3 is 20.3 Å². The van der Waals surface area contributed by atoms with Crippen molar-refractivity contribution in [1.82, 2.24) is 10.2 Å². The third kappa shape index (κ3) is 7.97. The summed E-state index contributed by atoms with van der Waals surface area (Å²) >= 11 is 0. The Morgan fingerprint density at radius 2 is 1.70 bits per heavy atom. The molecule has 0 aromatic heterocycles. The third-order valence-electron chi connectivity index (χ3n) is 3.42. The van der Waals surface area contributed by atoms with Gasteiger partial charge in [-0.1, -0.05) is 13.8 Å². The Bertz CT molecular complexity index is 675. The second-order valence-electron chi connectivity index (χ2n) is 6.24. The van der Waals surface area contributed by atoms with Crippen LogP contribution in [0.5, 0.6) is 5.75 Å². The summed E-state index contributed by atoms with van der Waals surface area (Å²) in [6.07, 6.45) is -4.80. The van der Waals surface area contributed by atoms with Crippen LogP contribution in [0.3, 0.4) is 0 Å². The number of hydrogen-bond acceptors (Lipinski definition) is 4. The lowest BCUT2D eigenvalue weighted by molar-refractivity contribution is -0.274. The van der Waals surface area contributed by atoms with Gasteiger partial charge in [-0.15, -0.1) is 13.2 Å². The first-order valence-electron chi connectivity index (χ1n) is 8.06. The Balaban J connectivity index is 2.65. The van der Waals surface area contributed by atoms with E-state index in [0.717, 1.165) is 17.0 Å². The number of carbonyl (C=O) groups excluding carboxylic acids is 3. The molecule has 0 aliphatic carbocycles. The van der Waals surface area contributed by atoms with Gasteiger partial charge in [-0.05, 0) is 30.2 Å². The molecule has 0 bridgehead atoms. The Morgan fingerprint density at radius 3 is 2.15 bits per heavy atom. The van der Waals surface area contributed by atoms with Crippen molar-refractivity contribution in [3.05, 3.63) is 24.3 Å². The van der Waals surface area contributed by atoms with Gasteiger partial charge in [-0.25, -0.2) is 0 Å². The Morgan fingerprint density at radius 1 is 1.15 bits per heavy atom. The first-order chi connectivity index (χ1) is 12.4. The number of ether oxygens (including phenoxy) is 1. The summed E-state index contributed by atoms with van der Waals surface area (Å²) in [4.78, 5) is 36.8. The maximum absolute atomic E-state index is 12.4. The molecule has 3 amide bonds. The van der Waals surface area contributed by atoms with E-state index < -0.39 is 30.0 Å². The van der Waals surface area contributed by atoms with Gasteiger partial charge in [0.05, 0.1) is 6.54 Å². The Kier molecular flexibility index (Phi) is 7.62. The summed E-state index contributed by atoms with van der Waals surface area (Å²) in [6, 6.07) is 3.84. The normalized spacial score (nSPS) is 12.3. The molecule has 0 heterocycles. The molecule has 0 aliphatic heterocycles. The molecular weight excluding hydrogens is 367 g/mol. The number of carbonyl (C=O) groups is 3. The van der Waals surface area contributed by atoms with Crippen LogP contribution in [0.1, 0.15) is 20.8 Å². The fraction of sp³-hybridized carbons (Fsp3) is 0.471. The highest BCUT2D eigenvalue weighted by molar-refractivity contribution is 5.95. The molecule has 1 aromatic rings. The van der Waals surface area contributed by atoms with Crippen LogP contribution in [0.4, 0.5) is 18.9 Å². The van der Waals surface area contributed by atoms with Crippen molar-refractivity contribution in [2.24, 2.45) is 5.92 Å². The molecule has 0 saturated carbocycles. The van der Waals surface area contributed by atoms with Gasteiger partial charge >= 0.3 is 6.36 Å². The second-order valence-corrected chi connectivity index (χ2v) is 6.24. The molecule has 150 valence electrons. The number of rotatable bonds is 7. The Hall–Kier alpha value is -2.78. The molecule has 2 N–H and O–H groups in total. The highest BCUT2D eigenvalue weighted by atomic mass is 19.4. The molecule has 7 nitrogen and oxygen atoms in total. The monoisotopic (exact) mass is 389 g/mol. The molecule has 0 spiro atoms. The summed E-state index contributed by atoms with van der Waals surface area (Å²) in [6.45, 7) is 4.53. The van der Waals surface area contributed by atoms with Gasteiger partial charge in [0.1, 0.15) is 11.8 Å². The predicted molar refractivity (Wildman–Crippen MR) is 91.8 cm³/mol. The Labute approximate surface area is 154 Å². The van der Waals surface area contributed by atoms with Crippen molar-refractivity contribution >= 4 is 23.4 Å². The van der Waals surface area contributed by atoms with Crippen molar-refractivity contribution in [2.75, 3.05) is 18.9 Å².